The first-order valence-corrected chi connectivity index (χ1v) is 9.80. The van der Waals surface area contributed by atoms with Crippen molar-refractivity contribution in [1.29, 1.82) is 0 Å². The molecule has 3 rings (SSSR count). The summed E-state index contributed by atoms with van der Waals surface area (Å²) in [6.45, 7) is 0. The number of nitrogen functional groups attached to an aromatic ring is 1. The van der Waals surface area contributed by atoms with Crippen molar-refractivity contribution in [3.05, 3.63) is 70.5 Å². The zero-order chi connectivity index (χ0) is 23.7. The number of nitrogens with zero attached hydrogens (tertiary/aromatic N) is 3. The maximum absolute atomic E-state index is 13.1. The maximum Gasteiger partial charge on any atom is 0.453 e. The molecule has 0 aliphatic heterocycles. The Morgan fingerprint density at radius 1 is 1.03 bits per heavy atom. The second-order valence-corrected chi connectivity index (χ2v) is 7.74. The number of nitrogens with two attached hydrogens (primary N) is 1. The van der Waals surface area contributed by atoms with Gasteiger partial charge in [0.15, 0.2) is 0 Å². The van der Waals surface area contributed by atoms with Crippen LogP contribution in [0.5, 0.6) is 0 Å². The number of alkyl halides is 6. The molecule has 0 aliphatic carbocycles. The molecule has 6 nitrogen and oxygen atoms in total. The largest absolute Gasteiger partial charge is 0.453 e. The number of carbonyl (C=O) groups is 1. The van der Waals surface area contributed by atoms with Crippen LogP contribution in [0.2, 0.25) is 5.02 Å². The molecule has 1 atom stereocenters. The van der Waals surface area contributed by atoms with Crippen molar-refractivity contribution in [3.8, 4) is 0 Å². The number of nitrogens with one attached hydrogen (secondary N) is 1. The molecule has 1 amide bonds. The van der Waals surface area contributed by atoms with Gasteiger partial charge in [0.2, 0.25) is 11.1 Å². The monoisotopic (exact) mass is 495 g/mol. The number of thioether (sulfide) groups is 1. The highest BCUT2D eigenvalue weighted by Crippen LogP contribution is 2.39. The summed E-state index contributed by atoms with van der Waals surface area (Å²) in [6.07, 6.45) is -9.63. The predicted molar refractivity (Wildman–Crippen MR) is 105 cm³/mol. The molecule has 0 radical (unpaired) electrons. The van der Waals surface area contributed by atoms with E-state index in [1.165, 1.54) is 12.1 Å². The number of anilines is 1. The molecule has 3 aromatic rings. The van der Waals surface area contributed by atoms with Crippen molar-refractivity contribution in [3.63, 3.8) is 0 Å². The van der Waals surface area contributed by atoms with Gasteiger partial charge < -0.3 is 11.2 Å². The summed E-state index contributed by atoms with van der Waals surface area (Å²) in [6, 6.07) is 10.6. The summed E-state index contributed by atoms with van der Waals surface area (Å²) in [5.41, 5.74) is -1.02. The fourth-order valence-corrected chi connectivity index (χ4v) is 3.77. The maximum atomic E-state index is 13.1. The van der Waals surface area contributed by atoms with Crippen molar-refractivity contribution in [2.24, 2.45) is 0 Å². The minimum atomic E-state index is -4.87. The van der Waals surface area contributed by atoms with E-state index in [9.17, 15) is 31.1 Å². The minimum absolute atomic E-state index is 0.192. The van der Waals surface area contributed by atoms with Gasteiger partial charge in [-0.15, -0.1) is 10.2 Å². The standard InChI is InChI=1S/C18H12ClF6N5OS/c19-12-7-6-10(8-11(12)17(20,21)22)27-14(31)13(9-4-2-1-3-5-9)32-16-29-28-15(30(16)26)18(23,24)25/h1-8,13H,26H2,(H,27,31). The average Bonchev–Trinajstić information content (AvgIpc) is 3.08. The summed E-state index contributed by atoms with van der Waals surface area (Å²) < 4.78 is 78.3. The normalized spacial score (nSPS) is 13.1. The van der Waals surface area contributed by atoms with Gasteiger partial charge in [0, 0.05) is 5.69 Å². The Morgan fingerprint density at radius 3 is 2.25 bits per heavy atom. The van der Waals surface area contributed by atoms with E-state index in [-0.39, 0.29) is 10.4 Å². The molecule has 32 heavy (non-hydrogen) atoms. The zero-order valence-electron chi connectivity index (χ0n) is 15.6. The summed E-state index contributed by atoms with van der Waals surface area (Å²) in [7, 11) is 0. The Labute approximate surface area is 185 Å². The lowest BCUT2D eigenvalue weighted by atomic mass is 10.1. The van der Waals surface area contributed by atoms with E-state index < -0.39 is 45.1 Å². The highest BCUT2D eigenvalue weighted by Gasteiger charge is 2.39. The van der Waals surface area contributed by atoms with E-state index in [1.807, 2.05) is 0 Å². The van der Waals surface area contributed by atoms with E-state index in [2.05, 4.69) is 15.5 Å². The molecule has 1 heterocycles. The van der Waals surface area contributed by atoms with Gasteiger partial charge in [-0.2, -0.15) is 26.3 Å². The topological polar surface area (TPSA) is 85.8 Å². The Kier molecular flexibility index (Phi) is 6.60. The van der Waals surface area contributed by atoms with Gasteiger partial charge in [0.05, 0.1) is 10.6 Å². The Balaban J connectivity index is 1.93. The van der Waals surface area contributed by atoms with Crippen LogP contribution in [0.4, 0.5) is 32.0 Å². The molecule has 0 saturated heterocycles. The van der Waals surface area contributed by atoms with Crippen molar-refractivity contribution in [2.75, 3.05) is 11.2 Å². The highest BCUT2D eigenvalue weighted by molar-refractivity contribution is 8.00. The molecule has 0 bridgehead atoms. The summed E-state index contributed by atoms with van der Waals surface area (Å²) in [4.78, 5) is 12.9. The third-order valence-corrected chi connectivity index (χ3v) is 5.56. The van der Waals surface area contributed by atoms with Crippen molar-refractivity contribution >= 4 is 35.0 Å². The number of aromatic nitrogens is 3. The lowest BCUT2D eigenvalue weighted by Crippen LogP contribution is -2.23. The average molecular weight is 496 g/mol. The SMILES string of the molecule is Nn1c(SC(C(=O)Nc2ccc(Cl)c(C(F)(F)F)c2)c2ccccc2)nnc1C(F)(F)F. The van der Waals surface area contributed by atoms with Crippen LogP contribution in [0.3, 0.4) is 0 Å². The fourth-order valence-electron chi connectivity index (χ4n) is 2.58. The second kappa shape index (κ2) is 8.90. The molecule has 1 unspecified atom stereocenters. The van der Waals surface area contributed by atoms with Crippen molar-refractivity contribution < 1.29 is 31.1 Å². The molecule has 14 heteroatoms. The van der Waals surface area contributed by atoms with Gasteiger partial charge in [0.25, 0.3) is 5.82 Å². The van der Waals surface area contributed by atoms with Crippen LogP contribution < -0.4 is 11.2 Å². The van der Waals surface area contributed by atoms with Crippen LogP contribution in [0.15, 0.2) is 53.7 Å². The Bertz CT molecular complexity index is 1120. The number of amides is 1. The number of rotatable bonds is 5. The molecule has 3 N–H and O–H groups in total. The molecule has 0 aliphatic rings. The third-order valence-electron chi connectivity index (χ3n) is 4.02. The van der Waals surface area contributed by atoms with Crippen LogP contribution in [0, 0.1) is 0 Å². The highest BCUT2D eigenvalue weighted by atomic mass is 35.5. The molecule has 0 fully saturated rings. The number of hydrogen-bond donors (Lipinski definition) is 2. The van der Waals surface area contributed by atoms with Crippen molar-refractivity contribution in [1.82, 2.24) is 14.9 Å². The molecule has 1 aromatic heterocycles. The van der Waals surface area contributed by atoms with E-state index in [0.29, 0.717) is 23.4 Å². The van der Waals surface area contributed by atoms with Crippen LogP contribution in [0.25, 0.3) is 0 Å². The number of halogens is 7. The van der Waals surface area contributed by atoms with Gasteiger partial charge in [-0.25, -0.2) is 4.68 Å². The van der Waals surface area contributed by atoms with Crippen molar-refractivity contribution in [2.45, 2.75) is 22.8 Å². The quantitative estimate of drug-likeness (QED) is 0.290. The van der Waals surface area contributed by atoms with E-state index in [1.54, 1.807) is 18.2 Å². The Morgan fingerprint density at radius 2 is 1.69 bits per heavy atom. The summed E-state index contributed by atoms with van der Waals surface area (Å²) in [5, 5.41) is 6.50. The lowest BCUT2D eigenvalue weighted by Gasteiger charge is -2.17. The zero-order valence-corrected chi connectivity index (χ0v) is 17.1. The molecule has 0 saturated carbocycles. The first kappa shape index (κ1) is 23.7. The third kappa shape index (κ3) is 5.27. The number of carbonyl (C=O) groups excluding carboxylic acids is 1. The number of benzene rings is 2. The van der Waals surface area contributed by atoms with Crippen LogP contribution in [-0.2, 0) is 17.1 Å². The molecule has 0 spiro atoms. The summed E-state index contributed by atoms with van der Waals surface area (Å²) >= 11 is 6.13. The van der Waals surface area contributed by atoms with Gasteiger partial charge in [0.1, 0.15) is 5.25 Å². The smallest absolute Gasteiger partial charge is 0.335 e. The lowest BCUT2D eigenvalue weighted by molar-refractivity contribution is -0.146. The van der Waals surface area contributed by atoms with Crippen LogP contribution >= 0.6 is 23.4 Å². The first-order chi connectivity index (χ1) is 14.9. The van der Waals surface area contributed by atoms with E-state index >= 15 is 0 Å². The molecular weight excluding hydrogens is 484 g/mol. The minimum Gasteiger partial charge on any atom is -0.335 e. The van der Waals surface area contributed by atoms with Gasteiger partial charge in [-0.3, -0.25) is 4.79 Å². The molecule has 170 valence electrons. The molecular formula is C18H12ClF6N5OS. The number of hydrogen-bond acceptors (Lipinski definition) is 5. The van der Waals surface area contributed by atoms with E-state index in [4.69, 9.17) is 17.4 Å². The Hall–Kier alpha value is -2.93. The van der Waals surface area contributed by atoms with Gasteiger partial charge in [-0.1, -0.05) is 53.7 Å². The second-order valence-electron chi connectivity index (χ2n) is 6.26. The van der Waals surface area contributed by atoms with Gasteiger partial charge >= 0.3 is 12.4 Å². The first-order valence-electron chi connectivity index (χ1n) is 8.55. The predicted octanol–water partition coefficient (Wildman–Crippen LogP) is 5.16. The fraction of sp³-hybridized carbons (Fsp3) is 0.167. The summed E-state index contributed by atoms with van der Waals surface area (Å²) in [5.74, 6) is 3.13. The van der Waals surface area contributed by atoms with Gasteiger partial charge in [-0.05, 0) is 23.8 Å². The van der Waals surface area contributed by atoms with Crippen LogP contribution in [-0.4, -0.2) is 20.8 Å². The molecule has 2 aromatic carbocycles. The van der Waals surface area contributed by atoms with E-state index in [0.717, 1.165) is 12.1 Å². The van der Waals surface area contributed by atoms with Crippen LogP contribution in [0.1, 0.15) is 22.2 Å².